The second-order valence-electron chi connectivity index (χ2n) is 5.15. The first kappa shape index (κ1) is 15.4. The summed E-state index contributed by atoms with van der Waals surface area (Å²) < 4.78 is 39.3. The van der Waals surface area contributed by atoms with Crippen LogP contribution in [0.2, 0.25) is 0 Å². The van der Waals surface area contributed by atoms with Crippen LogP contribution in [0.4, 0.5) is 4.39 Å². The maximum atomic E-state index is 12.9. The highest BCUT2D eigenvalue weighted by atomic mass is 32.2. The van der Waals surface area contributed by atoms with Crippen LogP contribution in [0.15, 0.2) is 24.3 Å². The molecule has 0 saturated carbocycles. The number of halogens is 1. The molecule has 0 spiro atoms. The molecule has 1 saturated heterocycles. The van der Waals surface area contributed by atoms with E-state index in [1.54, 1.807) is 0 Å². The second kappa shape index (κ2) is 6.17. The molecule has 112 valence electrons. The van der Waals surface area contributed by atoms with E-state index in [9.17, 15) is 12.8 Å². The summed E-state index contributed by atoms with van der Waals surface area (Å²) in [4.78, 5) is 2.07. The van der Waals surface area contributed by atoms with Gasteiger partial charge < -0.3 is 10.6 Å². The number of nitrogens with two attached hydrogens (primary N) is 1. The molecule has 1 unspecified atom stereocenters. The Kier molecular flexibility index (Phi) is 4.74. The fourth-order valence-corrected chi connectivity index (χ4v) is 4.17. The molecule has 0 amide bonds. The summed E-state index contributed by atoms with van der Waals surface area (Å²) in [5, 5.41) is 0. The maximum Gasteiger partial charge on any atom is 0.218 e. The smallest absolute Gasteiger partial charge is 0.218 e. The largest absolute Gasteiger partial charge is 0.329 e. The highest BCUT2D eigenvalue weighted by molar-refractivity contribution is 7.88. The van der Waals surface area contributed by atoms with Gasteiger partial charge in [-0.25, -0.2) is 12.8 Å². The van der Waals surface area contributed by atoms with Gasteiger partial charge in [0.25, 0.3) is 0 Å². The van der Waals surface area contributed by atoms with Crippen molar-refractivity contribution in [3.8, 4) is 0 Å². The molecule has 1 heterocycles. The van der Waals surface area contributed by atoms with E-state index in [1.807, 2.05) is 7.05 Å². The van der Waals surface area contributed by atoms with Gasteiger partial charge in [0, 0.05) is 32.2 Å². The summed E-state index contributed by atoms with van der Waals surface area (Å²) in [6.45, 7) is 2.08. The summed E-state index contributed by atoms with van der Waals surface area (Å²) in [6, 6.07) is 5.35. The number of hydrogen-bond donors (Lipinski definition) is 1. The van der Waals surface area contributed by atoms with Crippen LogP contribution >= 0.6 is 0 Å². The predicted molar refractivity (Wildman–Crippen MR) is 76.1 cm³/mol. The fourth-order valence-electron chi connectivity index (χ4n) is 2.43. The fraction of sp³-hybridized carbons (Fsp3) is 0.538. The number of nitrogens with zero attached hydrogens (tertiary/aromatic N) is 2. The number of sulfonamides is 1. The molecule has 1 fully saturated rings. The molecule has 5 nitrogen and oxygen atoms in total. The lowest BCUT2D eigenvalue weighted by atomic mass is 10.2. The summed E-state index contributed by atoms with van der Waals surface area (Å²) >= 11 is 0. The molecule has 20 heavy (non-hydrogen) atoms. The molecule has 0 aromatic heterocycles. The molecule has 2 N–H and O–H groups in total. The van der Waals surface area contributed by atoms with Crippen molar-refractivity contribution in [2.75, 3.05) is 33.2 Å². The van der Waals surface area contributed by atoms with Gasteiger partial charge in [0.1, 0.15) is 5.82 Å². The van der Waals surface area contributed by atoms with Gasteiger partial charge in [-0.05, 0) is 24.7 Å². The zero-order valence-corrected chi connectivity index (χ0v) is 12.3. The molecule has 0 aliphatic carbocycles. The average molecular weight is 301 g/mol. The maximum absolute atomic E-state index is 12.9. The molecule has 1 aromatic rings. The zero-order chi connectivity index (χ0) is 14.8. The van der Waals surface area contributed by atoms with Gasteiger partial charge in [0.15, 0.2) is 0 Å². The van der Waals surface area contributed by atoms with Gasteiger partial charge in [-0.2, -0.15) is 4.31 Å². The van der Waals surface area contributed by atoms with Crippen molar-refractivity contribution in [2.24, 2.45) is 5.73 Å². The van der Waals surface area contributed by atoms with Gasteiger partial charge in [-0.1, -0.05) is 12.1 Å². The van der Waals surface area contributed by atoms with Gasteiger partial charge in [0.05, 0.1) is 5.75 Å². The standard InChI is InChI=1S/C13H20FN3O2S/c1-16-6-7-17(13(8-15)9-16)20(18,19)10-11-2-4-12(14)5-3-11/h2-5,13H,6-10,15H2,1H3. The Balaban J connectivity index is 2.14. The first-order valence-corrected chi connectivity index (χ1v) is 8.16. The zero-order valence-electron chi connectivity index (χ0n) is 11.5. The Hall–Kier alpha value is -1.02. The normalized spacial score (nSPS) is 22.1. The lowest BCUT2D eigenvalue weighted by Crippen LogP contribution is -2.56. The van der Waals surface area contributed by atoms with Gasteiger partial charge in [0.2, 0.25) is 10.0 Å². The van der Waals surface area contributed by atoms with E-state index in [2.05, 4.69) is 4.90 Å². The van der Waals surface area contributed by atoms with Gasteiger partial charge in [-0.3, -0.25) is 0 Å². The van der Waals surface area contributed by atoms with Crippen molar-refractivity contribution in [1.82, 2.24) is 9.21 Å². The first-order valence-electron chi connectivity index (χ1n) is 6.55. The quantitative estimate of drug-likeness (QED) is 0.864. The molecule has 1 aliphatic heterocycles. The van der Waals surface area contributed by atoms with Crippen LogP contribution in [0.3, 0.4) is 0 Å². The molecule has 0 radical (unpaired) electrons. The molecular formula is C13H20FN3O2S. The number of benzene rings is 1. The van der Waals surface area contributed by atoms with Crippen molar-refractivity contribution in [3.63, 3.8) is 0 Å². The minimum atomic E-state index is -3.43. The molecule has 0 bridgehead atoms. The topological polar surface area (TPSA) is 66.6 Å². The molecular weight excluding hydrogens is 281 g/mol. The third kappa shape index (κ3) is 3.54. The van der Waals surface area contributed by atoms with Crippen molar-refractivity contribution in [2.45, 2.75) is 11.8 Å². The second-order valence-corrected chi connectivity index (χ2v) is 7.07. The molecule has 1 aliphatic rings. The van der Waals surface area contributed by atoms with Gasteiger partial charge >= 0.3 is 0 Å². The Morgan fingerprint density at radius 3 is 2.55 bits per heavy atom. The van der Waals surface area contributed by atoms with Crippen molar-refractivity contribution < 1.29 is 12.8 Å². The molecule has 1 atom stereocenters. The van der Waals surface area contributed by atoms with Crippen LogP contribution in [0.1, 0.15) is 5.56 Å². The van der Waals surface area contributed by atoms with Crippen LogP contribution in [-0.2, 0) is 15.8 Å². The number of hydrogen-bond acceptors (Lipinski definition) is 4. The highest BCUT2D eigenvalue weighted by Gasteiger charge is 2.33. The van der Waals surface area contributed by atoms with Crippen LogP contribution in [-0.4, -0.2) is 56.9 Å². The van der Waals surface area contributed by atoms with Gasteiger partial charge in [-0.15, -0.1) is 0 Å². The van der Waals surface area contributed by atoms with Crippen LogP contribution in [0.5, 0.6) is 0 Å². The summed E-state index contributed by atoms with van der Waals surface area (Å²) in [5.41, 5.74) is 6.27. The van der Waals surface area contributed by atoms with Crippen molar-refractivity contribution in [3.05, 3.63) is 35.6 Å². The van der Waals surface area contributed by atoms with E-state index in [0.717, 1.165) is 0 Å². The first-order chi connectivity index (χ1) is 9.42. The number of likely N-dealkylation sites (N-methyl/N-ethyl adjacent to an activating group) is 1. The third-order valence-corrected chi connectivity index (χ3v) is 5.42. The molecule has 7 heteroatoms. The Bertz CT molecular complexity index is 547. The number of rotatable bonds is 4. The van der Waals surface area contributed by atoms with E-state index >= 15 is 0 Å². The Morgan fingerprint density at radius 1 is 1.30 bits per heavy atom. The van der Waals surface area contributed by atoms with E-state index in [4.69, 9.17) is 5.73 Å². The summed E-state index contributed by atoms with van der Waals surface area (Å²) in [6.07, 6.45) is 0. The monoisotopic (exact) mass is 301 g/mol. The minimum absolute atomic E-state index is 0.118. The SMILES string of the molecule is CN1CCN(S(=O)(=O)Cc2ccc(F)cc2)C(CN)C1. The Morgan fingerprint density at radius 2 is 1.95 bits per heavy atom. The molecule has 1 aromatic carbocycles. The van der Waals surface area contributed by atoms with Crippen LogP contribution < -0.4 is 5.73 Å². The minimum Gasteiger partial charge on any atom is -0.329 e. The predicted octanol–water partition coefficient (Wildman–Crippen LogP) is 0.230. The average Bonchev–Trinajstić information content (AvgIpc) is 2.40. The van der Waals surface area contributed by atoms with Crippen LogP contribution in [0.25, 0.3) is 0 Å². The van der Waals surface area contributed by atoms with E-state index < -0.39 is 10.0 Å². The van der Waals surface area contributed by atoms with E-state index in [0.29, 0.717) is 31.7 Å². The van der Waals surface area contributed by atoms with E-state index in [1.165, 1.54) is 28.6 Å². The Labute approximate surface area is 119 Å². The van der Waals surface area contributed by atoms with Crippen molar-refractivity contribution in [1.29, 1.82) is 0 Å². The van der Waals surface area contributed by atoms with E-state index in [-0.39, 0.29) is 17.6 Å². The third-order valence-electron chi connectivity index (χ3n) is 3.52. The summed E-state index contributed by atoms with van der Waals surface area (Å²) in [7, 11) is -1.48. The summed E-state index contributed by atoms with van der Waals surface area (Å²) in [5.74, 6) is -0.487. The highest BCUT2D eigenvalue weighted by Crippen LogP contribution is 2.17. The lowest BCUT2D eigenvalue weighted by molar-refractivity contribution is 0.164. The lowest BCUT2D eigenvalue weighted by Gasteiger charge is -2.38. The van der Waals surface area contributed by atoms with Crippen LogP contribution in [0, 0.1) is 5.82 Å². The van der Waals surface area contributed by atoms with Crippen molar-refractivity contribution >= 4 is 10.0 Å². The number of piperazine rings is 1. The molecule has 2 rings (SSSR count).